The van der Waals surface area contributed by atoms with Crippen LogP contribution < -0.4 is 10.8 Å². The summed E-state index contributed by atoms with van der Waals surface area (Å²) in [4.78, 5) is 26.0. The zero-order chi connectivity index (χ0) is 14.4. The van der Waals surface area contributed by atoms with Gasteiger partial charge in [-0.1, -0.05) is 29.3 Å². The van der Waals surface area contributed by atoms with E-state index in [1.807, 2.05) is 5.48 Å². The number of urea groups is 1. The standard InChI is InChI=1S/C11H12Cl2N2O4/c1-6(8-3-2-7(12)4-9(8)13)14-11(18)15-19-5-10(16)17/h2-4,6H,5H2,1H3,(H,16,17)(H2,14,15,18). The van der Waals surface area contributed by atoms with Crippen molar-refractivity contribution in [1.82, 2.24) is 10.8 Å². The Bertz CT molecular complexity index is 482. The highest BCUT2D eigenvalue weighted by Crippen LogP contribution is 2.25. The van der Waals surface area contributed by atoms with Gasteiger partial charge in [-0.3, -0.25) is 4.84 Å². The van der Waals surface area contributed by atoms with Gasteiger partial charge in [-0.25, -0.2) is 15.1 Å². The van der Waals surface area contributed by atoms with Gasteiger partial charge < -0.3 is 10.4 Å². The maximum Gasteiger partial charge on any atom is 0.339 e. The van der Waals surface area contributed by atoms with E-state index in [0.29, 0.717) is 15.6 Å². The Kier molecular flexibility index (Phi) is 5.88. The summed E-state index contributed by atoms with van der Waals surface area (Å²) in [6.07, 6.45) is 0. The summed E-state index contributed by atoms with van der Waals surface area (Å²) in [6, 6.07) is 3.85. The van der Waals surface area contributed by atoms with Gasteiger partial charge in [0.2, 0.25) is 0 Å². The number of nitrogens with one attached hydrogen (secondary N) is 2. The van der Waals surface area contributed by atoms with Gasteiger partial charge in [-0.15, -0.1) is 0 Å². The predicted octanol–water partition coefficient (Wildman–Crippen LogP) is 2.37. The van der Waals surface area contributed by atoms with Gasteiger partial charge in [0.15, 0.2) is 6.61 Å². The summed E-state index contributed by atoms with van der Waals surface area (Å²) in [5.74, 6) is -1.19. The third kappa shape index (κ3) is 5.34. The molecule has 0 saturated carbocycles. The Labute approximate surface area is 119 Å². The number of carbonyl (C=O) groups is 2. The number of halogens is 2. The molecule has 0 saturated heterocycles. The molecule has 0 heterocycles. The Balaban J connectivity index is 2.52. The molecule has 2 amide bonds. The van der Waals surface area contributed by atoms with Crippen LogP contribution in [0.15, 0.2) is 18.2 Å². The first-order valence-corrected chi connectivity index (χ1v) is 6.00. The first-order valence-electron chi connectivity index (χ1n) is 5.25. The van der Waals surface area contributed by atoms with E-state index in [4.69, 9.17) is 28.3 Å². The first-order chi connectivity index (χ1) is 8.90. The van der Waals surface area contributed by atoms with Crippen LogP contribution in [0, 0.1) is 0 Å². The van der Waals surface area contributed by atoms with Crippen LogP contribution in [0.3, 0.4) is 0 Å². The summed E-state index contributed by atoms with van der Waals surface area (Å²) >= 11 is 11.8. The lowest BCUT2D eigenvalue weighted by Crippen LogP contribution is -2.38. The van der Waals surface area contributed by atoms with Gasteiger partial charge in [0.1, 0.15) is 0 Å². The van der Waals surface area contributed by atoms with Crippen LogP contribution in [-0.2, 0) is 9.63 Å². The molecule has 8 heteroatoms. The van der Waals surface area contributed by atoms with Crippen molar-refractivity contribution in [3.05, 3.63) is 33.8 Å². The molecule has 0 radical (unpaired) electrons. The van der Waals surface area contributed by atoms with Crippen LogP contribution >= 0.6 is 23.2 Å². The van der Waals surface area contributed by atoms with E-state index in [1.165, 1.54) is 0 Å². The lowest BCUT2D eigenvalue weighted by atomic mass is 10.1. The van der Waals surface area contributed by atoms with Crippen molar-refractivity contribution in [3.8, 4) is 0 Å². The SMILES string of the molecule is CC(NC(=O)NOCC(=O)O)c1ccc(Cl)cc1Cl. The molecule has 0 aliphatic rings. The number of rotatable bonds is 5. The molecule has 0 spiro atoms. The summed E-state index contributed by atoms with van der Waals surface area (Å²) in [7, 11) is 0. The highest BCUT2D eigenvalue weighted by atomic mass is 35.5. The molecule has 0 fully saturated rings. The number of carboxylic acid groups (broad SMARTS) is 1. The largest absolute Gasteiger partial charge is 0.479 e. The Morgan fingerprint density at radius 3 is 2.68 bits per heavy atom. The summed E-state index contributed by atoms with van der Waals surface area (Å²) in [6.45, 7) is 1.09. The number of hydrogen-bond acceptors (Lipinski definition) is 3. The molecule has 1 atom stereocenters. The Morgan fingerprint density at radius 1 is 1.42 bits per heavy atom. The zero-order valence-corrected chi connectivity index (χ0v) is 11.5. The fourth-order valence-corrected chi connectivity index (χ4v) is 1.89. The number of aliphatic carboxylic acids is 1. The van der Waals surface area contributed by atoms with Crippen molar-refractivity contribution in [2.75, 3.05) is 6.61 Å². The predicted molar refractivity (Wildman–Crippen MR) is 70.1 cm³/mol. The second-order valence-electron chi connectivity index (χ2n) is 3.65. The lowest BCUT2D eigenvalue weighted by Gasteiger charge is -2.16. The van der Waals surface area contributed by atoms with E-state index in [1.54, 1.807) is 25.1 Å². The van der Waals surface area contributed by atoms with Crippen molar-refractivity contribution >= 4 is 35.2 Å². The van der Waals surface area contributed by atoms with Crippen LogP contribution in [0.25, 0.3) is 0 Å². The minimum Gasteiger partial charge on any atom is -0.479 e. The van der Waals surface area contributed by atoms with Crippen LogP contribution in [0.4, 0.5) is 4.79 Å². The Hall–Kier alpha value is -1.50. The molecule has 104 valence electrons. The van der Waals surface area contributed by atoms with Crippen LogP contribution in [0.5, 0.6) is 0 Å². The average Bonchev–Trinajstić information content (AvgIpc) is 2.27. The fourth-order valence-electron chi connectivity index (χ4n) is 1.32. The van der Waals surface area contributed by atoms with Crippen LogP contribution in [-0.4, -0.2) is 23.7 Å². The van der Waals surface area contributed by atoms with E-state index in [2.05, 4.69) is 10.2 Å². The van der Waals surface area contributed by atoms with Gasteiger partial charge in [0, 0.05) is 10.0 Å². The first kappa shape index (κ1) is 15.6. The topological polar surface area (TPSA) is 87.7 Å². The number of hydroxylamine groups is 1. The van der Waals surface area contributed by atoms with E-state index in [0.717, 1.165) is 0 Å². The van der Waals surface area contributed by atoms with Crippen molar-refractivity contribution in [2.45, 2.75) is 13.0 Å². The van der Waals surface area contributed by atoms with Crippen LogP contribution in [0.2, 0.25) is 10.0 Å². The normalized spacial score (nSPS) is 11.7. The second kappa shape index (κ2) is 7.18. The van der Waals surface area contributed by atoms with Crippen molar-refractivity contribution in [2.24, 2.45) is 0 Å². The molecular formula is C11H12Cl2N2O4. The summed E-state index contributed by atoms with van der Waals surface area (Å²) < 4.78 is 0. The third-order valence-corrected chi connectivity index (χ3v) is 2.70. The average molecular weight is 307 g/mol. The number of carboxylic acids is 1. The number of hydrogen-bond donors (Lipinski definition) is 3. The molecular weight excluding hydrogens is 295 g/mol. The molecule has 3 N–H and O–H groups in total. The molecule has 1 unspecified atom stereocenters. The minimum atomic E-state index is -1.19. The monoisotopic (exact) mass is 306 g/mol. The van der Waals surface area contributed by atoms with E-state index >= 15 is 0 Å². The molecule has 6 nitrogen and oxygen atoms in total. The third-order valence-electron chi connectivity index (χ3n) is 2.14. The molecule has 0 aliphatic heterocycles. The molecule has 0 aliphatic carbocycles. The van der Waals surface area contributed by atoms with Gasteiger partial charge in [-0.05, 0) is 24.6 Å². The lowest BCUT2D eigenvalue weighted by molar-refractivity contribution is -0.144. The van der Waals surface area contributed by atoms with E-state index < -0.39 is 24.6 Å². The smallest absolute Gasteiger partial charge is 0.339 e. The second-order valence-corrected chi connectivity index (χ2v) is 4.49. The number of benzene rings is 1. The van der Waals surface area contributed by atoms with Crippen molar-refractivity contribution < 1.29 is 19.5 Å². The van der Waals surface area contributed by atoms with Gasteiger partial charge in [0.25, 0.3) is 0 Å². The summed E-state index contributed by atoms with van der Waals surface area (Å²) in [5, 5.41) is 11.8. The summed E-state index contributed by atoms with van der Waals surface area (Å²) in [5.41, 5.74) is 2.63. The highest BCUT2D eigenvalue weighted by Gasteiger charge is 2.13. The van der Waals surface area contributed by atoms with Crippen molar-refractivity contribution in [1.29, 1.82) is 0 Å². The Morgan fingerprint density at radius 2 is 2.11 bits per heavy atom. The maximum absolute atomic E-state index is 11.4. The highest BCUT2D eigenvalue weighted by molar-refractivity contribution is 6.35. The fraction of sp³-hybridized carbons (Fsp3) is 0.273. The maximum atomic E-state index is 11.4. The quantitative estimate of drug-likeness (QED) is 0.729. The minimum absolute atomic E-state index is 0.391. The molecule has 0 aromatic heterocycles. The van der Waals surface area contributed by atoms with Gasteiger partial charge in [-0.2, -0.15) is 0 Å². The number of amides is 2. The molecule has 0 bridgehead atoms. The molecule has 1 aromatic carbocycles. The van der Waals surface area contributed by atoms with Crippen LogP contribution in [0.1, 0.15) is 18.5 Å². The van der Waals surface area contributed by atoms with E-state index in [-0.39, 0.29) is 0 Å². The van der Waals surface area contributed by atoms with Gasteiger partial charge in [0.05, 0.1) is 6.04 Å². The van der Waals surface area contributed by atoms with E-state index in [9.17, 15) is 9.59 Å². The number of carbonyl (C=O) groups excluding carboxylic acids is 1. The zero-order valence-electron chi connectivity index (χ0n) is 9.94. The van der Waals surface area contributed by atoms with Gasteiger partial charge >= 0.3 is 12.0 Å². The molecule has 19 heavy (non-hydrogen) atoms. The molecule has 1 aromatic rings. The molecule has 1 rings (SSSR count). The van der Waals surface area contributed by atoms with Crippen molar-refractivity contribution in [3.63, 3.8) is 0 Å².